The quantitative estimate of drug-likeness (QED) is 0.723. The molecule has 0 amide bonds. The Kier molecular flexibility index (Phi) is 2.25. The van der Waals surface area contributed by atoms with E-state index in [2.05, 4.69) is 9.97 Å². The van der Waals surface area contributed by atoms with Crippen molar-refractivity contribution < 1.29 is 4.74 Å². The summed E-state index contributed by atoms with van der Waals surface area (Å²) in [6.07, 6.45) is 0. The lowest BCUT2D eigenvalue weighted by Crippen LogP contribution is -1.91. The smallest absolute Gasteiger partial charge is 0.215 e. The summed E-state index contributed by atoms with van der Waals surface area (Å²) in [7, 11) is 1.57. The average molecular weight is 209 g/mol. The Hall–Kier alpha value is -1.35. The lowest BCUT2D eigenvalue weighted by Gasteiger charge is -2.03. The number of pyridine rings is 2. The molecule has 0 saturated heterocycles. The number of ether oxygens (including phenoxy) is 1. The maximum atomic E-state index is 6.04. The summed E-state index contributed by atoms with van der Waals surface area (Å²) >= 11 is 6.04. The normalized spacial score (nSPS) is 10.5. The monoisotopic (exact) mass is 208 g/mol. The van der Waals surface area contributed by atoms with Gasteiger partial charge in [0.15, 0.2) is 5.65 Å². The molecule has 4 heteroatoms. The fourth-order valence-electron chi connectivity index (χ4n) is 1.28. The Morgan fingerprint density at radius 2 is 2.07 bits per heavy atom. The van der Waals surface area contributed by atoms with Crippen molar-refractivity contribution in [1.29, 1.82) is 0 Å². The van der Waals surface area contributed by atoms with Crippen LogP contribution in [-0.2, 0) is 0 Å². The van der Waals surface area contributed by atoms with Crippen LogP contribution >= 0.6 is 11.6 Å². The van der Waals surface area contributed by atoms with Gasteiger partial charge in [0.1, 0.15) is 0 Å². The van der Waals surface area contributed by atoms with Crippen molar-refractivity contribution >= 4 is 22.6 Å². The summed E-state index contributed by atoms with van der Waals surface area (Å²) in [5, 5.41) is 1.51. The molecule has 0 spiro atoms. The molecule has 0 saturated carbocycles. The number of halogens is 1. The van der Waals surface area contributed by atoms with Gasteiger partial charge in [0.2, 0.25) is 5.88 Å². The van der Waals surface area contributed by atoms with Crippen LogP contribution in [0.25, 0.3) is 11.0 Å². The van der Waals surface area contributed by atoms with Gasteiger partial charge in [-0.3, -0.25) is 0 Å². The Balaban J connectivity index is 2.75. The third-order valence-corrected chi connectivity index (χ3v) is 2.25. The molecule has 0 aliphatic heterocycles. The summed E-state index contributed by atoms with van der Waals surface area (Å²) in [5.41, 5.74) is 1.47. The molecule has 0 aromatic carbocycles. The van der Waals surface area contributed by atoms with E-state index in [0.717, 1.165) is 11.1 Å². The van der Waals surface area contributed by atoms with Gasteiger partial charge in [-0.25, -0.2) is 4.98 Å². The predicted octanol–water partition coefficient (Wildman–Crippen LogP) is 2.60. The zero-order valence-corrected chi connectivity index (χ0v) is 8.67. The lowest BCUT2D eigenvalue weighted by atomic mass is 10.2. The first kappa shape index (κ1) is 9.21. The fraction of sp³-hybridized carbons (Fsp3) is 0.200. The van der Waals surface area contributed by atoms with E-state index in [4.69, 9.17) is 16.3 Å². The van der Waals surface area contributed by atoms with Gasteiger partial charge in [0.05, 0.1) is 12.1 Å². The number of hydrogen-bond donors (Lipinski definition) is 0. The molecule has 0 radical (unpaired) electrons. The minimum Gasteiger partial charge on any atom is -0.481 e. The van der Waals surface area contributed by atoms with Crippen LogP contribution in [0, 0.1) is 6.92 Å². The summed E-state index contributed by atoms with van der Waals surface area (Å²) in [5.74, 6) is 0.548. The highest BCUT2D eigenvalue weighted by Gasteiger charge is 2.04. The number of hydrogen-bond acceptors (Lipinski definition) is 3. The first-order chi connectivity index (χ1) is 6.70. The molecule has 14 heavy (non-hydrogen) atoms. The molecule has 72 valence electrons. The van der Waals surface area contributed by atoms with E-state index in [9.17, 15) is 0 Å². The highest BCUT2D eigenvalue weighted by atomic mass is 35.5. The molecule has 0 N–H and O–H groups in total. The van der Waals surface area contributed by atoms with Gasteiger partial charge in [-0.2, -0.15) is 4.98 Å². The van der Waals surface area contributed by atoms with Crippen LogP contribution < -0.4 is 4.74 Å². The van der Waals surface area contributed by atoms with Crippen molar-refractivity contribution in [3.05, 3.63) is 28.9 Å². The lowest BCUT2D eigenvalue weighted by molar-refractivity contribution is 0.399. The number of rotatable bonds is 1. The standard InChI is InChI=1S/C10H9ClN2O/c1-6-5-8(11)7-3-4-9(14-2)13-10(7)12-6/h3-5H,1-2H3. The molecule has 0 bridgehead atoms. The molecule has 0 aliphatic carbocycles. The Labute approximate surface area is 86.7 Å². The number of aryl methyl sites for hydroxylation is 1. The van der Waals surface area contributed by atoms with Crippen LogP contribution in [0.4, 0.5) is 0 Å². The number of fused-ring (bicyclic) bond motifs is 1. The Bertz CT molecular complexity index is 485. The molecular weight excluding hydrogens is 200 g/mol. The van der Waals surface area contributed by atoms with Crippen molar-refractivity contribution in [3.63, 3.8) is 0 Å². The molecule has 2 rings (SSSR count). The number of methoxy groups -OCH3 is 1. The topological polar surface area (TPSA) is 35.0 Å². The first-order valence-electron chi connectivity index (χ1n) is 4.18. The average Bonchev–Trinajstić information content (AvgIpc) is 2.16. The summed E-state index contributed by atoms with van der Waals surface area (Å²) < 4.78 is 5.01. The Morgan fingerprint density at radius 1 is 1.29 bits per heavy atom. The molecular formula is C10H9ClN2O. The minimum absolute atomic E-state index is 0.548. The Morgan fingerprint density at radius 3 is 2.79 bits per heavy atom. The van der Waals surface area contributed by atoms with Crippen LogP contribution in [0.15, 0.2) is 18.2 Å². The van der Waals surface area contributed by atoms with E-state index in [-0.39, 0.29) is 0 Å². The molecule has 0 unspecified atom stereocenters. The van der Waals surface area contributed by atoms with Gasteiger partial charge in [-0.05, 0) is 19.1 Å². The van der Waals surface area contributed by atoms with Crippen LogP contribution in [0.5, 0.6) is 5.88 Å². The van der Waals surface area contributed by atoms with Crippen molar-refractivity contribution in [2.45, 2.75) is 6.92 Å². The van der Waals surface area contributed by atoms with Crippen molar-refractivity contribution in [2.24, 2.45) is 0 Å². The molecule has 0 aliphatic rings. The summed E-state index contributed by atoms with van der Waals surface area (Å²) in [4.78, 5) is 8.47. The summed E-state index contributed by atoms with van der Waals surface area (Å²) in [6, 6.07) is 5.44. The second kappa shape index (κ2) is 3.42. The second-order valence-corrected chi connectivity index (χ2v) is 3.38. The van der Waals surface area contributed by atoms with E-state index in [1.54, 1.807) is 13.2 Å². The van der Waals surface area contributed by atoms with Crippen molar-refractivity contribution in [2.75, 3.05) is 7.11 Å². The van der Waals surface area contributed by atoms with E-state index < -0.39 is 0 Å². The number of nitrogens with zero attached hydrogens (tertiary/aromatic N) is 2. The van der Waals surface area contributed by atoms with Gasteiger partial charge in [0, 0.05) is 17.1 Å². The zero-order chi connectivity index (χ0) is 10.1. The fourth-order valence-corrected chi connectivity index (χ4v) is 1.58. The molecule has 3 nitrogen and oxygen atoms in total. The second-order valence-electron chi connectivity index (χ2n) is 2.97. The van der Waals surface area contributed by atoms with Crippen LogP contribution in [0.2, 0.25) is 5.02 Å². The van der Waals surface area contributed by atoms with E-state index in [1.165, 1.54) is 0 Å². The molecule has 0 fully saturated rings. The van der Waals surface area contributed by atoms with Crippen LogP contribution in [-0.4, -0.2) is 17.1 Å². The maximum absolute atomic E-state index is 6.04. The van der Waals surface area contributed by atoms with Gasteiger partial charge in [0.25, 0.3) is 0 Å². The van der Waals surface area contributed by atoms with Gasteiger partial charge < -0.3 is 4.74 Å². The van der Waals surface area contributed by atoms with Gasteiger partial charge in [-0.1, -0.05) is 11.6 Å². The minimum atomic E-state index is 0.548. The maximum Gasteiger partial charge on any atom is 0.215 e. The van der Waals surface area contributed by atoms with E-state index >= 15 is 0 Å². The molecule has 2 aromatic rings. The summed E-state index contributed by atoms with van der Waals surface area (Å²) in [6.45, 7) is 1.88. The molecule has 2 aromatic heterocycles. The predicted molar refractivity (Wildman–Crippen MR) is 55.8 cm³/mol. The van der Waals surface area contributed by atoms with Gasteiger partial charge >= 0.3 is 0 Å². The SMILES string of the molecule is COc1ccc2c(Cl)cc(C)nc2n1. The highest BCUT2D eigenvalue weighted by molar-refractivity contribution is 6.35. The van der Waals surface area contributed by atoms with Crippen LogP contribution in [0.1, 0.15) is 5.69 Å². The van der Waals surface area contributed by atoms with Crippen LogP contribution in [0.3, 0.4) is 0 Å². The van der Waals surface area contributed by atoms with Crippen molar-refractivity contribution in [3.8, 4) is 5.88 Å². The van der Waals surface area contributed by atoms with Gasteiger partial charge in [-0.15, -0.1) is 0 Å². The van der Waals surface area contributed by atoms with Crippen molar-refractivity contribution in [1.82, 2.24) is 9.97 Å². The largest absolute Gasteiger partial charge is 0.481 e. The third-order valence-electron chi connectivity index (χ3n) is 1.93. The highest BCUT2D eigenvalue weighted by Crippen LogP contribution is 2.23. The zero-order valence-electron chi connectivity index (χ0n) is 7.91. The van der Waals surface area contributed by atoms with E-state index in [0.29, 0.717) is 16.5 Å². The van der Waals surface area contributed by atoms with E-state index in [1.807, 2.05) is 19.1 Å². The first-order valence-corrected chi connectivity index (χ1v) is 4.56. The number of aromatic nitrogens is 2. The molecule has 2 heterocycles. The third kappa shape index (κ3) is 1.51. The molecule has 0 atom stereocenters.